The van der Waals surface area contributed by atoms with Crippen LogP contribution in [0.4, 0.5) is 4.39 Å². The van der Waals surface area contributed by atoms with Gasteiger partial charge >= 0.3 is 0 Å². The Labute approximate surface area is 177 Å². The Bertz CT molecular complexity index is 806. The van der Waals surface area contributed by atoms with E-state index in [4.69, 9.17) is 9.15 Å². The van der Waals surface area contributed by atoms with Crippen LogP contribution in [0.1, 0.15) is 19.5 Å². The van der Waals surface area contributed by atoms with Gasteiger partial charge in [0.25, 0.3) is 0 Å². The van der Waals surface area contributed by atoms with Gasteiger partial charge in [-0.15, -0.1) is 0 Å². The lowest BCUT2D eigenvalue weighted by Crippen LogP contribution is -2.50. The first-order valence-electron chi connectivity index (χ1n) is 10.5. The van der Waals surface area contributed by atoms with Crippen molar-refractivity contribution in [3.63, 3.8) is 0 Å². The Morgan fingerprint density at radius 1 is 1.30 bits per heavy atom. The quantitative estimate of drug-likeness (QED) is 0.508. The molecule has 7 nitrogen and oxygen atoms in total. The van der Waals surface area contributed by atoms with Gasteiger partial charge in [-0.05, 0) is 30.2 Å². The van der Waals surface area contributed by atoms with Gasteiger partial charge in [0, 0.05) is 51.8 Å². The second-order valence-electron chi connectivity index (χ2n) is 7.93. The van der Waals surface area contributed by atoms with Gasteiger partial charge < -0.3 is 19.8 Å². The standard InChI is InChI=1S/C22H32FN5O2/c1-16(2)13-28-10-11-29-20(14-28)12-26-22(24-3)25-9-8-19-15-30-21(27-19)17-4-6-18(23)7-5-17/h4-7,15-16,20H,8-14H2,1-3H3,(H2,24,25,26). The number of oxazole rings is 1. The molecule has 1 unspecified atom stereocenters. The van der Waals surface area contributed by atoms with Crippen LogP contribution in [0.25, 0.3) is 11.5 Å². The number of ether oxygens (including phenoxy) is 1. The van der Waals surface area contributed by atoms with E-state index in [2.05, 4.69) is 39.4 Å². The minimum Gasteiger partial charge on any atom is -0.444 e. The highest BCUT2D eigenvalue weighted by atomic mass is 19.1. The largest absolute Gasteiger partial charge is 0.444 e. The molecule has 2 N–H and O–H groups in total. The van der Waals surface area contributed by atoms with Gasteiger partial charge in [-0.25, -0.2) is 9.37 Å². The van der Waals surface area contributed by atoms with Crippen molar-refractivity contribution in [1.29, 1.82) is 0 Å². The number of halogens is 1. The second-order valence-corrected chi connectivity index (χ2v) is 7.93. The third kappa shape index (κ3) is 6.81. The van der Waals surface area contributed by atoms with Crippen LogP contribution in [-0.2, 0) is 11.2 Å². The Hall–Kier alpha value is -2.45. The van der Waals surface area contributed by atoms with Gasteiger partial charge in [0.05, 0.1) is 18.4 Å². The van der Waals surface area contributed by atoms with Crippen molar-refractivity contribution >= 4 is 5.96 Å². The molecule has 30 heavy (non-hydrogen) atoms. The number of nitrogens with zero attached hydrogens (tertiary/aromatic N) is 3. The van der Waals surface area contributed by atoms with Gasteiger partial charge in [0.1, 0.15) is 12.1 Å². The molecule has 1 saturated heterocycles. The van der Waals surface area contributed by atoms with Gasteiger partial charge in [-0.3, -0.25) is 9.89 Å². The summed E-state index contributed by atoms with van der Waals surface area (Å²) in [4.78, 5) is 11.2. The van der Waals surface area contributed by atoms with Gasteiger partial charge in [-0.1, -0.05) is 13.8 Å². The van der Waals surface area contributed by atoms with Crippen LogP contribution in [0.3, 0.4) is 0 Å². The van der Waals surface area contributed by atoms with Crippen molar-refractivity contribution in [2.45, 2.75) is 26.4 Å². The maximum Gasteiger partial charge on any atom is 0.226 e. The molecule has 0 aliphatic carbocycles. The number of hydrogen-bond donors (Lipinski definition) is 2. The Morgan fingerprint density at radius 3 is 2.83 bits per heavy atom. The molecule has 2 heterocycles. The number of aliphatic imine (C=N–C) groups is 1. The molecule has 1 aliphatic heterocycles. The van der Waals surface area contributed by atoms with Crippen molar-refractivity contribution in [1.82, 2.24) is 20.5 Å². The minimum absolute atomic E-state index is 0.157. The summed E-state index contributed by atoms with van der Waals surface area (Å²) in [5, 5.41) is 6.64. The molecule has 2 aromatic rings. The molecule has 0 radical (unpaired) electrons. The van der Waals surface area contributed by atoms with Crippen molar-refractivity contribution in [3.8, 4) is 11.5 Å². The fourth-order valence-corrected chi connectivity index (χ4v) is 3.47. The van der Waals surface area contributed by atoms with Crippen LogP contribution >= 0.6 is 0 Å². The zero-order valence-corrected chi connectivity index (χ0v) is 18.0. The van der Waals surface area contributed by atoms with E-state index in [1.807, 2.05) is 0 Å². The Morgan fingerprint density at radius 2 is 2.10 bits per heavy atom. The predicted octanol–water partition coefficient (Wildman–Crippen LogP) is 2.54. The number of guanidine groups is 1. The second kappa shape index (κ2) is 11.1. The summed E-state index contributed by atoms with van der Waals surface area (Å²) in [5.41, 5.74) is 1.59. The molecule has 8 heteroatoms. The van der Waals surface area contributed by atoms with E-state index >= 15 is 0 Å². The lowest BCUT2D eigenvalue weighted by atomic mass is 10.2. The average Bonchev–Trinajstić information content (AvgIpc) is 3.20. The number of benzene rings is 1. The number of nitrogens with one attached hydrogen (secondary N) is 2. The SMILES string of the molecule is CN=C(NCCc1coc(-c2ccc(F)cc2)n1)NCC1CN(CC(C)C)CCO1. The summed E-state index contributed by atoms with van der Waals surface area (Å²) < 4.78 is 24.4. The van der Waals surface area contributed by atoms with Crippen molar-refractivity contribution in [2.75, 3.05) is 46.4 Å². The molecule has 0 bridgehead atoms. The highest BCUT2D eigenvalue weighted by Crippen LogP contribution is 2.19. The number of aromatic nitrogens is 1. The van der Waals surface area contributed by atoms with E-state index in [1.165, 1.54) is 12.1 Å². The van der Waals surface area contributed by atoms with E-state index < -0.39 is 0 Å². The monoisotopic (exact) mass is 417 g/mol. The van der Waals surface area contributed by atoms with Gasteiger partial charge in [0.2, 0.25) is 5.89 Å². The van der Waals surface area contributed by atoms with Crippen LogP contribution in [-0.4, -0.2) is 68.3 Å². The lowest BCUT2D eigenvalue weighted by molar-refractivity contribution is -0.0284. The Kier molecular flexibility index (Phi) is 8.21. The zero-order chi connectivity index (χ0) is 21.3. The van der Waals surface area contributed by atoms with Gasteiger partial charge in [0.15, 0.2) is 5.96 Å². The smallest absolute Gasteiger partial charge is 0.226 e. The third-order valence-corrected chi connectivity index (χ3v) is 4.88. The highest BCUT2D eigenvalue weighted by molar-refractivity contribution is 5.79. The first-order chi connectivity index (χ1) is 14.5. The molecule has 0 amide bonds. The molecule has 1 atom stereocenters. The van der Waals surface area contributed by atoms with Crippen LogP contribution in [0, 0.1) is 11.7 Å². The zero-order valence-electron chi connectivity index (χ0n) is 18.0. The first kappa shape index (κ1) is 22.2. The molecular formula is C22H32FN5O2. The molecule has 3 rings (SSSR count). The van der Waals surface area contributed by atoms with Gasteiger partial charge in [-0.2, -0.15) is 0 Å². The van der Waals surface area contributed by atoms with Crippen LogP contribution in [0.5, 0.6) is 0 Å². The predicted molar refractivity (Wildman–Crippen MR) is 116 cm³/mol. The lowest BCUT2D eigenvalue weighted by Gasteiger charge is -2.34. The third-order valence-electron chi connectivity index (χ3n) is 4.88. The number of hydrogen-bond acceptors (Lipinski definition) is 5. The van der Waals surface area contributed by atoms with Crippen LogP contribution < -0.4 is 10.6 Å². The fourth-order valence-electron chi connectivity index (χ4n) is 3.47. The maximum atomic E-state index is 13.0. The van der Waals surface area contributed by atoms with E-state index in [9.17, 15) is 4.39 Å². The molecule has 1 aliphatic rings. The number of rotatable bonds is 8. The van der Waals surface area contributed by atoms with Crippen LogP contribution in [0.2, 0.25) is 0 Å². The molecule has 0 spiro atoms. The summed E-state index contributed by atoms with van der Waals surface area (Å²) >= 11 is 0. The average molecular weight is 418 g/mol. The molecule has 1 fully saturated rings. The molecule has 164 valence electrons. The molecule has 1 aromatic heterocycles. The van der Waals surface area contributed by atoms with E-state index in [0.717, 1.165) is 43.5 Å². The summed E-state index contributed by atoms with van der Waals surface area (Å²) in [6.45, 7) is 9.68. The van der Waals surface area contributed by atoms with E-state index in [-0.39, 0.29) is 11.9 Å². The number of morpholine rings is 1. The molecule has 1 aromatic carbocycles. The summed E-state index contributed by atoms with van der Waals surface area (Å²) in [7, 11) is 1.75. The summed E-state index contributed by atoms with van der Waals surface area (Å²) in [6.07, 6.45) is 2.48. The Balaban J connectivity index is 1.40. The topological polar surface area (TPSA) is 74.9 Å². The normalized spacial score (nSPS) is 18.0. The van der Waals surface area contributed by atoms with E-state index in [1.54, 1.807) is 25.4 Å². The highest BCUT2D eigenvalue weighted by Gasteiger charge is 2.21. The summed E-state index contributed by atoms with van der Waals surface area (Å²) in [6, 6.07) is 6.11. The van der Waals surface area contributed by atoms with Crippen molar-refractivity contribution in [2.24, 2.45) is 10.9 Å². The molecular weight excluding hydrogens is 385 g/mol. The summed E-state index contributed by atoms with van der Waals surface area (Å²) in [5.74, 6) is 1.61. The van der Waals surface area contributed by atoms with Crippen molar-refractivity contribution in [3.05, 3.63) is 42.0 Å². The molecule has 0 saturated carbocycles. The maximum absolute atomic E-state index is 13.0. The van der Waals surface area contributed by atoms with Crippen molar-refractivity contribution < 1.29 is 13.5 Å². The minimum atomic E-state index is -0.278. The fraction of sp³-hybridized carbons (Fsp3) is 0.545. The van der Waals surface area contributed by atoms with E-state index in [0.29, 0.717) is 31.3 Å². The van der Waals surface area contributed by atoms with Crippen LogP contribution in [0.15, 0.2) is 39.9 Å². The first-order valence-corrected chi connectivity index (χ1v) is 10.5.